The molecule has 1 N–H and O–H groups in total. The predicted molar refractivity (Wildman–Crippen MR) is 84.6 cm³/mol. The first-order valence-corrected chi connectivity index (χ1v) is 7.22. The maximum atomic E-state index is 4.00. The van der Waals surface area contributed by atoms with Crippen molar-refractivity contribution < 1.29 is 0 Å². The molecule has 0 radical (unpaired) electrons. The van der Waals surface area contributed by atoms with Gasteiger partial charge in [0.25, 0.3) is 0 Å². The van der Waals surface area contributed by atoms with E-state index in [1.807, 2.05) is 6.92 Å². The first kappa shape index (κ1) is 19.6. The molecule has 1 heteroatoms. The van der Waals surface area contributed by atoms with E-state index in [1.165, 1.54) is 31.4 Å². The highest BCUT2D eigenvalue weighted by molar-refractivity contribution is 4.84. The topological polar surface area (TPSA) is 12.0 Å². The van der Waals surface area contributed by atoms with Crippen LogP contribution < -0.4 is 5.32 Å². The van der Waals surface area contributed by atoms with Gasteiger partial charge in [0.05, 0.1) is 0 Å². The lowest BCUT2D eigenvalue weighted by Gasteiger charge is -2.18. The summed E-state index contributed by atoms with van der Waals surface area (Å²) in [5.74, 6) is 1.87. The van der Waals surface area contributed by atoms with E-state index >= 15 is 0 Å². The van der Waals surface area contributed by atoms with Crippen LogP contribution in [0.4, 0.5) is 0 Å². The van der Waals surface area contributed by atoms with Crippen molar-refractivity contribution in [2.45, 2.75) is 66.3 Å². The van der Waals surface area contributed by atoms with Crippen molar-refractivity contribution in [2.75, 3.05) is 6.54 Å². The van der Waals surface area contributed by atoms with Crippen LogP contribution in [0.15, 0.2) is 12.2 Å². The molecule has 3 unspecified atom stereocenters. The Bertz CT molecular complexity index is 217. The third kappa shape index (κ3) is 10.4. The van der Waals surface area contributed by atoms with E-state index in [2.05, 4.69) is 52.4 Å². The molecule has 0 spiro atoms. The molecule has 1 nitrogen and oxygen atoms in total. The average Bonchev–Trinajstić information content (AvgIpc) is 2.78. The van der Waals surface area contributed by atoms with E-state index in [0.29, 0.717) is 0 Å². The summed E-state index contributed by atoms with van der Waals surface area (Å²) in [4.78, 5) is 0. The molecule has 1 aliphatic heterocycles. The zero-order chi connectivity index (χ0) is 14.6. The lowest BCUT2D eigenvalue weighted by Crippen LogP contribution is -2.23. The van der Waals surface area contributed by atoms with E-state index in [0.717, 1.165) is 24.3 Å². The molecule has 0 aromatic rings. The molecule has 18 heavy (non-hydrogen) atoms. The minimum absolute atomic E-state index is 0.768. The molecule has 1 rings (SSSR count). The highest BCUT2D eigenvalue weighted by atomic mass is 14.9. The summed E-state index contributed by atoms with van der Waals surface area (Å²) in [6.45, 7) is 16.0. The Kier molecular flexibility index (Phi) is 13.8. The average molecular weight is 251 g/mol. The van der Waals surface area contributed by atoms with E-state index in [4.69, 9.17) is 0 Å². The molecule has 1 aliphatic rings. The monoisotopic (exact) mass is 251 g/mol. The molecular weight excluding hydrogens is 218 g/mol. The fourth-order valence-corrected chi connectivity index (χ4v) is 1.92. The molecule has 0 aromatic carbocycles. The van der Waals surface area contributed by atoms with E-state index in [9.17, 15) is 0 Å². The number of allylic oxidation sites excluding steroid dienone is 1. The van der Waals surface area contributed by atoms with Crippen molar-refractivity contribution in [3.8, 4) is 12.8 Å². The second-order valence-electron chi connectivity index (χ2n) is 5.35. The second kappa shape index (κ2) is 12.7. The Morgan fingerprint density at radius 1 is 1.39 bits per heavy atom. The number of hydrogen-bond acceptors (Lipinski definition) is 1. The highest BCUT2D eigenvalue weighted by Gasteiger charge is 2.23. The summed E-state index contributed by atoms with van der Waals surface area (Å²) >= 11 is 0. The van der Waals surface area contributed by atoms with Gasteiger partial charge in [-0.1, -0.05) is 32.8 Å². The van der Waals surface area contributed by atoms with E-state index < -0.39 is 0 Å². The van der Waals surface area contributed by atoms with Crippen LogP contribution in [0.3, 0.4) is 0 Å². The van der Waals surface area contributed by atoms with Crippen molar-refractivity contribution >= 4 is 0 Å². The molecular formula is C17H33N. The van der Waals surface area contributed by atoms with Gasteiger partial charge in [-0.2, -0.15) is 0 Å². The van der Waals surface area contributed by atoms with Crippen LogP contribution in [-0.4, -0.2) is 12.6 Å². The minimum atomic E-state index is 0.768. The van der Waals surface area contributed by atoms with Crippen LogP contribution in [0.5, 0.6) is 0 Å². The molecule has 0 saturated carbocycles. The molecule has 3 atom stereocenters. The van der Waals surface area contributed by atoms with Crippen molar-refractivity contribution in [2.24, 2.45) is 11.8 Å². The normalized spacial score (nSPS) is 23.1. The third-order valence-corrected chi connectivity index (χ3v) is 3.69. The standard InChI is InChI=1S/C10H21N.C5H10.C2H2/c1-4-8(2)7-10-5-6-11-9(10)3;1-4-5(2)3;1-2/h8-11H,4-7H2,1-3H3;2,4H2,1,3H3;1-2H. The van der Waals surface area contributed by atoms with Crippen LogP contribution in [0, 0.1) is 24.7 Å². The van der Waals surface area contributed by atoms with Gasteiger partial charge in [-0.05, 0) is 51.5 Å². The fraction of sp³-hybridized carbons (Fsp3) is 0.765. The van der Waals surface area contributed by atoms with Crippen LogP contribution in [0.2, 0.25) is 0 Å². The van der Waals surface area contributed by atoms with Gasteiger partial charge < -0.3 is 5.32 Å². The molecule has 1 saturated heterocycles. The molecule has 0 aliphatic carbocycles. The van der Waals surface area contributed by atoms with Crippen LogP contribution in [0.25, 0.3) is 0 Å². The van der Waals surface area contributed by atoms with Gasteiger partial charge in [0.1, 0.15) is 0 Å². The summed E-state index contributed by atoms with van der Waals surface area (Å²) in [5.41, 5.74) is 1.25. The molecule has 0 bridgehead atoms. The summed E-state index contributed by atoms with van der Waals surface area (Å²) < 4.78 is 0. The smallest absolute Gasteiger partial charge is 0.00675 e. The predicted octanol–water partition coefficient (Wildman–Crippen LogP) is 4.64. The molecule has 1 fully saturated rings. The Morgan fingerprint density at radius 3 is 2.17 bits per heavy atom. The lowest BCUT2D eigenvalue weighted by atomic mass is 9.89. The number of rotatable bonds is 4. The Labute approximate surface area is 115 Å². The highest BCUT2D eigenvalue weighted by Crippen LogP contribution is 2.24. The molecule has 106 valence electrons. The first-order chi connectivity index (χ1) is 8.51. The van der Waals surface area contributed by atoms with Gasteiger partial charge in [0.15, 0.2) is 0 Å². The summed E-state index contributed by atoms with van der Waals surface area (Å²) in [6, 6.07) is 0.768. The van der Waals surface area contributed by atoms with Gasteiger partial charge in [0, 0.05) is 6.04 Å². The SMILES string of the molecule is C#C.C=C(C)CC.CCC(C)CC1CCNC1C. The Hall–Kier alpha value is -0.740. The number of terminal acetylenes is 1. The van der Waals surface area contributed by atoms with Crippen molar-refractivity contribution in [3.05, 3.63) is 12.2 Å². The van der Waals surface area contributed by atoms with Gasteiger partial charge in [0.2, 0.25) is 0 Å². The summed E-state index contributed by atoms with van der Waals surface area (Å²) in [6.07, 6.45) is 13.3. The van der Waals surface area contributed by atoms with Gasteiger partial charge >= 0.3 is 0 Å². The number of hydrogen-bond donors (Lipinski definition) is 1. The van der Waals surface area contributed by atoms with E-state index in [-0.39, 0.29) is 0 Å². The fourth-order valence-electron chi connectivity index (χ4n) is 1.92. The van der Waals surface area contributed by atoms with Crippen molar-refractivity contribution in [1.29, 1.82) is 0 Å². The largest absolute Gasteiger partial charge is 0.314 e. The molecule has 1 heterocycles. The van der Waals surface area contributed by atoms with Crippen molar-refractivity contribution in [3.63, 3.8) is 0 Å². The van der Waals surface area contributed by atoms with Crippen molar-refractivity contribution in [1.82, 2.24) is 5.32 Å². The van der Waals surface area contributed by atoms with Gasteiger partial charge in [-0.25, -0.2) is 0 Å². The molecule has 0 amide bonds. The lowest BCUT2D eigenvalue weighted by molar-refractivity contribution is 0.360. The quantitative estimate of drug-likeness (QED) is 0.567. The summed E-state index contributed by atoms with van der Waals surface area (Å²) in [5, 5.41) is 3.50. The Balaban J connectivity index is 0. The van der Waals surface area contributed by atoms with Gasteiger partial charge in [-0.15, -0.1) is 19.4 Å². The second-order valence-corrected chi connectivity index (χ2v) is 5.35. The first-order valence-electron chi connectivity index (χ1n) is 7.22. The zero-order valence-corrected chi connectivity index (χ0v) is 13.1. The van der Waals surface area contributed by atoms with Crippen LogP contribution in [-0.2, 0) is 0 Å². The van der Waals surface area contributed by atoms with Gasteiger partial charge in [-0.3, -0.25) is 0 Å². The number of nitrogens with one attached hydrogen (secondary N) is 1. The van der Waals surface area contributed by atoms with E-state index in [1.54, 1.807) is 0 Å². The van der Waals surface area contributed by atoms with Crippen LogP contribution >= 0.6 is 0 Å². The maximum Gasteiger partial charge on any atom is 0.00675 e. The Morgan fingerprint density at radius 2 is 1.89 bits per heavy atom. The zero-order valence-electron chi connectivity index (χ0n) is 13.1. The van der Waals surface area contributed by atoms with Crippen LogP contribution in [0.1, 0.15) is 60.3 Å². The molecule has 0 aromatic heterocycles. The third-order valence-electron chi connectivity index (χ3n) is 3.69. The minimum Gasteiger partial charge on any atom is -0.314 e. The maximum absolute atomic E-state index is 4.00. The summed E-state index contributed by atoms with van der Waals surface area (Å²) in [7, 11) is 0.